The van der Waals surface area contributed by atoms with E-state index in [2.05, 4.69) is 4.98 Å². The molecular formula is C19H15F2N3O2S. The monoisotopic (exact) mass is 387 g/mol. The van der Waals surface area contributed by atoms with E-state index >= 15 is 0 Å². The molecule has 1 fully saturated rings. The maximum absolute atomic E-state index is 14.2. The van der Waals surface area contributed by atoms with Crippen LogP contribution < -0.4 is 4.90 Å². The van der Waals surface area contributed by atoms with Crippen LogP contribution in [0.25, 0.3) is 10.2 Å². The fraction of sp³-hybridized carbons (Fsp3) is 0.211. The highest BCUT2D eigenvalue weighted by molar-refractivity contribution is 7.22. The molecule has 3 aromatic rings. The number of benzene rings is 2. The molecule has 1 aliphatic heterocycles. The van der Waals surface area contributed by atoms with Gasteiger partial charge in [-0.3, -0.25) is 14.5 Å². The first-order valence-electron chi connectivity index (χ1n) is 8.44. The van der Waals surface area contributed by atoms with Gasteiger partial charge in [0.05, 0.1) is 10.2 Å². The molecule has 0 unspecified atom stereocenters. The van der Waals surface area contributed by atoms with Gasteiger partial charge < -0.3 is 4.90 Å². The summed E-state index contributed by atoms with van der Waals surface area (Å²) in [6.45, 7) is 0.401. The Bertz CT molecular complexity index is 983. The Morgan fingerprint density at radius 3 is 2.56 bits per heavy atom. The molecule has 0 spiro atoms. The maximum Gasteiger partial charge on any atom is 0.267 e. The molecule has 2 aromatic carbocycles. The summed E-state index contributed by atoms with van der Waals surface area (Å²) in [5.74, 6) is -2.84. The van der Waals surface area contributed by atoms with E-state index in [4.69, 9.17) is 0 Å². The molecule has 0 N–H and O–H groups in total. The summed E-state index contributed by atoms with van der Waals surface area (Å²) in [5, 5.41) is 0.295. The summed E-state index contributed by atoms with van der Waals surface area (Å²) in [5.41, 5.74) is 0.0282. The Kier molecular flexibility index (Phi) is 4.57. The molecule has 27 heavy (non-hydrogen) atoms. The molecule has 0 saturated carbocycles. The molecule has 1 saturated heterocycles. The topological polar surface area (TPSA) is 53.5 Å². The summed E-state index contributed by atoms with van der Waals surface area (Å²) >= 11 is 1.24. The third kappa shape index (κ3) is 3.28. The predicted molar refractivity (Wildman–Crippen MR) is 98.6 cm³/mol. The lowest BCUT2D eigenvalue weighted by Gasteiger charge is -2.26. The number of carbonyl (C=O) groups excluding carboxylic acids is 2. The van der Waals surface area contributed by atoms with Crippen LogP contribution in [-0.4, -0.2) is 34.9 Å². The minimum atomic E-state index is -0.946. The zero-order valence-electron chi connectivity index (χ0n) is 14.2. The van der Waals surface area contributed by atoms with Crippen LogP contribution in [0.2, 0.25) is 0 Å². The number of amides is 2. The second-order valence-electron chi connectivity index (χ2n) is 6.20. The fourth-order valence-corrected chi connectivity index (χ4v) is 4.00. The summed E-state index contributed by atoms with van der Waals surface area (Å²) in [7, 11) is 0. The summed E-state index contributed by atoms with van der Waals surface area (Å²) in [6, 6.07) is 10.6. The van der Waals surface area contributed by atoms with Gasteiger partial charge in [-0.1, -0.05) is 29.5 Å². The summed E-state index contributed by atoms with van der Waals surface area (Å²) in [6.07, 6.45) is 1.09. The largest absolute Gasteiger partial charge is 0.324 e. The molecule has 2 heterocycles. The van der Waals surface area contributed by atoms with E-state index in [1.165, 1.54) is 27.2 Å². The van der Waals surface area contributed by atoms with Crippen molar-refractivity contribution in [2.75, 3.05) is 18.1 Å². The van der Waals surface area contributed by atoms with E-state index < -0.39 is 23.1 Å². The van der Waals surface area contributed by atoms with Gasteiger partial charge in [0.25, 0.3) is 5.91 Å². The molecule has 138 valence electrons. The predicted octanol–water partition coefficient (Wildman–Crippen LogP) is 3.80. The smallest absolute Gasteiger partial charge is 0.267 e. The van der Waals surface area contributed by atoms with Crippen molar-refractivity contribution >= 4 is 38.5 Å². The number of thiazole rings is 1. The van der Waals surface area contributed by atoms with Crippen molar-refractivity contribution in [2.24, 2.45) is 0 Å². The van der Waals surface area contributed by atoms with Gasteiger partial charge in [-0.15, -0.1) is 0 Å². The van der Waals surface area contributed by atoms with E-state index in [-0.39, 0.29) is 12.6 Å². The van der Waals surface area contributed by atoms with Gasteiger partial charge in [-0.25, -0.2) is 13.8 Å². The molecule has 5 nitrogen and oxygen atoms in total. The van der Waals surface area contributed by atoms with Crippen molar-refractivity contribution in [3.63, 3.8) is 0 Å². The van der Waals surface area contributed by atoms with Crippen LogP contribution in [0.3, 0.4) is 0 Å². The van der Waals surface area contributed by atoms with Gasteiger partial charge in [0.1, 0.15) is 23.9 Å². The Morgan fingerprint density at radius 2 is 1.89 bits per heavy atom. The molecule has 0 atom stereocenters. The van der Waals surface area contributed by atoms with Crippen LogP contribution in [0.5, 0.6) is 0 Å². The minimum absolute atomic E-state index is 0.0920. The second-order valence-corrected chi connectivity index (χ2v) is 7.21. The summed E-state index contributed by atoms with van der Waals surface area (Å²) < 4.78 is 29.2. The minimum Gasteiger partial charge on any atom is -0.324 e. The highest BCUT2D eigenvalue weighted by Gasteiger charge is 2.31. The zero-order valence-corrected chi connectivity index (χ0v) is 15.0. The van der Waals surface area contributed by atoms with Crippen LogP contribution in [0, 0.1) is 11.6 Å². The molecule has 1 aromatic heterocycles. The van der Waals surface area contributed by atoms with Crippen molar-refractivity contribution in [3.8, 4) is 0 Å². The summed E-state index contributed by atoms with van der Waals surface area (Å²) in [4.78, 5) is 32.2. The van der Waals surface area contributed by atoms with Crippen LogP contribution in [0.15, 0.2) is 42.5 Å². The molecule has 2 amide bonds. The Balaban J connectivity index is 1.77. The number of anilines is 1. The SMILES string of the molecule is O=C1CCCN1CN(C(=O)c1c(F)cccc1F)c1nc2ccccc2s1. The number of hydrogen-bond donors (Lipinski definition) is 0. The maximum atomic E-state index is 14.2. The number of hydrogen-bond acceptors (Lipinski definition) is 4. The van der Waals surface area contributed by atoms with E-state index in [1.807, 2.05) is 18.2 Å². The third-order valence-electron chi connectivity index (χ3n) is 4.42. The number of halogens is 2. The Hall–Kier alpha value is -2.87. The van der Waals surface area contributed by atoms with E-state index in [9.17, 15) is 18.4 Å². The van der Waals surface area contributed by atoms with Gasteiger partial charge in [-0.2, -0.15) is 0 Å². The highest BCUT2D eigenvalue weighted by Crippen LogP contribution is 2.31. The normalized spacial score (nSPS) is 14.1. The number of nitrogens with zero attached hydrogens (tertiary/aromatic N) is 3. The van der Waals surface area contributed by atoms with Crippen molar-refractivity contribution in [3.05, 3.63) is 59.7 Å². The van der Waals surface area contributed by atoms with E-state index in [0.29, 0.717) is 30.0 Å². The average Bonchev–Trinajstić information content (AvgIpc) is 3.25. The highest BCUT2D eigenvalue weighted by atomic mass is 32.1. The standard InChI is InChI=1S/C19H15F2N3O2S/c20-12-5-3-6-13(21)17(12)18(26)24(11-23-10-4-9-16(23)25)19-22-14-7-1-2-8-15(14)27-19/h1-3,5-8H,4,9-11H2. The van der Waals surface area contributed by atoms with Gasteiger partial charge in [0.15, 0.2) is 5.13 Å². The molecule has 0 aliphatic carbocycles. The van der Waals surface area contributed by atoms with Crippen LogP contribution in [0.4, 0.5) is 13.9 Å². The van der Waals surface area contributed by atoms with E-state index in [1.54, 1.807) is 6.07 Å². The number of carbonyl (C=O) groups is 2. The van der Waals surface area contributed by atoms with Gasteiger partial charge in [-0.05, 0) is 30.7 Å². The van der Waals surface area contributed by atoms with Crippen molar-refractivity contribution in [1.29, 1.82) is 0 Å². The Morgan fingerprint density at radius 1 is 1.15 bits per heavy atom. The molecular weight excluding hydrogens is 372 g/mol. The first kappa shape index (κ1) is 17.5. The molecule has 0 radical (unpaired) electrons. The van der Waals surface area contributed by atoms with E-state index in [0.717, 1.165) is 16.8 Å². The lowest BCUT2D eigenvalue weighted by molar-refractivity contribution is -0.127. The quantitative estimate of drug-likeness (QED) is 0.684. The number of aromatic nitrogens is 1. The lowest BCUT2D eigenvalue weighted by Crippen LogP contribution is -2.42. The van der Waals surface area contributed by atoms with Gasteiger partial charge >= 0.3 is 0 Å². The third-order valence-corrected chi connectivity index (χ3v) is 5.48. The number of para-hydroxylation sites is 1. The fourth-order valence-electron chi connectivity index (χ4n) is 3.05. The van der Waals surface area contributed by atoms with Crippen LogP contribution in [0.1, 0.15) is 23.2 Å². The van der Waals surface area contributed by atoms with Crippen LogP contribution in [-0.2, 0) is 4.79 Å². The average molecular weight is 387 g/mol. The molecule has 8 heteroatoms. The van der Waals surface area contributed by atoms with Crippen molar-refractivity contribution < 1.29 is 18.4 Å². The zero-order chi connectivity index (χ0) is 19.0. The number of fused-ring (bicyclic) bond motifs is 1. The lowest BCUT2D eigenvalue weighted by atomic mass is 10.1. The number of rotatable bonds is 4. The van der Waals surface area contributed by atoms with Crippen molar-refractivity contribution in [1.82, 2.24) is 9.88 Å². The van der Waals surface area contributed by atoms with Crippen molar-refractivity contribution in [2.45, 2.75) is 12.8 Å². The molecule has 0 bridgehead atoms. The number of likely N-dealkylation sites (tertiary alicyclic amines) is 1. The second kappa shape index (κ2) is 7.03. The van der Waals surface area contributed by atoms with Gasteiger partial charge in [0, 0.05) is 13.0 Å². The Labute approximate surface area is 157 Å². The molecule has 4 rings (SSSR count). The van der Waals surface area contributed by atoms with Gasteiger partial charge in [0.2, 0.25) is 5.91 Å². The molecule has 1 aliphatic rings. The first-order valence-corrected chi connectivity index (χ1v) is 9.25. The van der Waals surface area contributed by atoms with Crippen LogP contribution >= 0.6 is 11.3 Å². The first-order chi connectivity index (χ1) is 13.0.